The monoisotopic (exact) mass is 528 g/mol. The van der Waals surface area contributed by atoms with Gasteiger partial charge in [-0.3, -0.25) is 4.79 Å². The Kier molecular flexibility index (Phi) is 7.47. The summed E-state index contributed by atoms with van der Waals surface area (Å²) in [6.45, 7) is 6.35. The average Bonchev–Trinajstić information content (AvgIpc) is 3.26. The number of hydrogen-bond acceptors (Lipinski definition) is 5. The van der Waals surface area contributed by atoms with Gasteiger partial charge in [-0.15, -0.1) is 0 Å². The van der Waals surface area contributed by atoms with Crippen molar-refractivity contribution in [3.63, 3.8) is 0 Å². The van der Waals surface area contributed by atoms with E-state index < -0.39 is 29.2 Å². The number of nitrogens with one attached hydrogen (secondary N) is 1. The second-order valence-corrected chi connectivity index (χ2v) is 9.68. The number of halogens is 3. The highest BCUT2D eigenvalue weighted by molar-refractivity contribution is 6.31. The largest absolute Gasteiger partial charge is 0.487 e. The summed E-state index contributed by atoms with van der Waals surface area (Å²) in [6.07, 6.45) is 2.83. The molecule has 0 fully saturated rings. The number of carbonyl (C=O) groups excluding carboxylic acids is 1. The number of nitrogens with zero attached hydrogens (tertiary/aromatic N) is 3. The van der Waals surface area contributed by atoms with Gasteiger partial charge in [-0.05, 0) is 57.0 Å². The van der Waals surface area contributed by atoms with Crippen LogP contribution in [0, 0.1) is 18.6 Å². The first-order valence-electron chi connectivity index (χ1n) is 11.7. The number of rotatable bonds is 8. The number of pyridine rings is 1. The molecule has 2 heterocycles. The molecular weight excluding hydrogens is 502 g/mol. The number of benzene rings is 2. The SMILES string of the molecule is CCC(NC(=O)C(C)(C)O)c1cc(F)cc(Cl)c1COc1cccc2c(-n3cc(F)cn3)cc(C)nc12. The molecule has 0 aliphatic carbocycles. The van der Waals surface area contributed by atoms with Crippen LogP contribution in [0.25, 0.3) is 16.6 Å². The van der Waals surface area contributed by atoms with Crippen molar-refractivity contribution >= 4 is 28.4 Å². The molecule has 10 heteroatoms. The van der Waals surface area contributed by atoms with Crippen LogP contribution in [0.15, 0.2) is 48.8 Å². The highest BCUT2D eigenvalue weighted by atomic mass is 35.5. The molecule has 0 aliphatic rings. The lowest BCUT2D eigenvalue weighted by Crippen LogP contribution is -2.43. The van der Waals surface area contributed by atoms with E-state index in [-0.39, 0.29) is 11.6 Å². The van der Waals surface area contributed by atoms with E-state index in [2.05, 4.69) is 15.4 Å². The lowest BCUT2D eigenvalue weighted by molar-refractivity contribution is -0.137. The van der Waals surface area contributed by atoms with Crippen molar-refractivity contribution in [3.8, 4) is 11.4 Å². The van der Waals surface area contributed by atoms with Crippen LogP contribution in [0.1, 0.15) is 50.1 Å². The molecule has 0 aliphatic heterocycles. The quantitative estimate of drug-likeness (QED) is 0.312. The minimum atomic E-state index is -1.61. The van der Waals surface area contributed by atoms with Gasteiger partial charge in [0.1, 0.15) is 29.3 Å². The van der Waals surface area contributed by atoms with E-state index in [4.69, 9.17) is 16.3 Å². The molecule has 1 amide bonds. The van der Waals surface area contributed by atoms with Crippen molar-refractivity contribution < 1.29 is 23.4 Å². The van der Waals surface area contributed by atoms with E-state index in [1.54, 1.807) is 18.2 Å². The van der Waals surface area contributed by atoms with Crippen LogP contribution >= 0.6 is 11.6 Å². The highest BCUT2D eigenvalue weighted by Crippen LogP contribution is 2.33. The van der Waals surface area contributed by atoms with Gasteiger partial charge >= 0.3 is 0 Å². The molecule has 0 spiro atoms. The predicted molar refractivity (Wildman–Crippen MR) is 137 cm³/mol. The van der Waals surface area contributed by atoms with Gasteiger partial charge in [0, 0.05) is 16.6 Å². The van der Waals surface area contributed by atoms with Crippen LogP contribution in [0.3, 0.4) is 0 Å². The topological polar surface area (TPSA) is 89.3 Å². The van der Waals surface area contributed by atoms with Gasteiger partial charge in [-0.2, -0.15) is 5.10 Å². The molecule has 7 nitrogen and oxygen atoms in total. The van der Waals surface area contributed by atoms with E-state index in [0.717, 1.165) is 6.20 Å². The van der Waals surface area contributed by atoms with Crippen LogP contribution in [-0.4, -0.2) is 31.4 Å². The van der Waals surface area contributed by atoms with E-state index in [0.29, 0.717) is 45.6 Å². The van der Waals surface area contributed by atoms with E-state index >= 15 is 0 Å². The zero-order chi connectivity index (χ0) is 26.9. The summed E-state index contributed by atoms with van der Waals surface area (Å²) in [6, 6.07) is 9.03. The third-order valence-corrected chi connectivity index (χ3v) is 6.26. The van der Waals surface area contributed by atoms with Gasteiger partial charge in [0.25, 0.3) is 5.91 Å². The lowest BCUT2D eigenvalue weighted by atomic mass is 9.97. The summed E-state index contributed by atoms with van der Waals surface area (Å²) in [7, 11) is 0. The van der Waals surface area contributed by atoms with Crippen molar-refractivity contribution in [1.82, 2.24) is 20.1 Å². The number of ether oxygens (including phenoxy) is 1. The van der Waals surface area contributed by atoms with Gasteiger partial charge in [0.2, 0.25) is 0 Å². The standard InChI is InChI=1S/C27H27ClF2N4O3/c1-5-22(33-26(35)27(3,4)36)19-10-16(29)11-21(28)20(19)14-37-24-8-6-7-18-23(9-15(2)32-25(18)24)34-13-17(30)12-31-34/h6-13,22,36H,5,14H2,1-4H3,(H,33,35). The second kappa shape index (κ2) is 10.4. The Balaban J connectivity index is 1.71. The van der Waals surface area contributed by atoms with Crippen LogP contribution < -0.4 is 10.1 Å². The smallest absolute Gasteiger partial charge is 0.251 e. The molecule has 2 N–H and O–H groups in total. The molecule has 37 heavy (non-hydrogen) atoms. The maximum absolute atomic E-state index is 14.4. The van der Waals surface area contributed by atoms with E-state index in [1.807, 2.05) is 19.9 Å². The molecular formula is C27H27ClF2N4O3. The maximum Gasteiger partial charge on any atom is 0.251 e. The minimum Gasteiger partial charge on any atom is -0.487 e. The maximum atomic E-state index is 14.4. The Morgan fingerprint density at radius 3 is 2.65 bits per heavy atom. The Bertz CT molecular complexity index is 1470. The number of hydrogen-bond donors (Lipinski definition) is 2. The van der Waals surface area contributed by atoms with Crippen LogP contribution in [0.5, 0.6) is 5.75 Å². The molecule has 1 unspecified atom stereocenters. The van der Waals surface area contributed by atoms with Crippen LogP contribution in [0.4, 0.5) is 8.78 Å². The molecule has 2 aromatic heterocycles. The number of aromatic nitrogens is 3. The Labute approximate surface area is 218 Å². The molecule has 0 saturated carbocycles. The summed E-state index contributed by atoms with van der Waals surface area (Å²) in [5.41, 5.74) is 1.18. The zero-order valence-corrected chi connectivity index (χ0v) is 21.6. The molecule has 4 rings (SSSR count). The van der Waals surface area contributed by atoms with Crippen molar-refractivity contribution in [2.45, 2.75) is 52.4 Å². The van der Waals surface area contributed by atoms with Crippen molar-refractivity contribution in [2.24, 2.45) is 0 Å². The predicted octanol–water partition coefficient (Wildman–Crippen LogP) is 5.58. The molecule has 0 saturated heterocycles. The van der Waals surface area contributed by atoms with Gasteiger partial charge in [0.15, 0.2) is 5.82 Å². The third-order valence-electron chi connectivity index (χ3n) is 5.92. The van der Waals surface area contributed by atoms with E-state index in [1.165, 1.54) is 36.9 Å². The summed E-state index contributed by atoms with van der Waals surface area (Å²) in [5, 5.41) is 17.7. The molecule has 194 valence electrons. The second-order valence-electron chi connectivity index (χ2n) is 9.28. The molecule has 1 atom stereocenters. The fraction of sp³-hybridized carbons (Fsp3) is 0.296. The van der Waals surface area contributed by atoms with Gasteiger partial charge < -0.3 is 15.2 Å². The van der Waals surface area contributed by atoms with E-state index in [9.17, 15) is 18.7 Å². The van der Waals surface area contributed by atoms with Crippen LogP contribution in [0.2, 0.25) is 5.02 Å². The number of carbonyl (C=O) groups is 1. The molecule has 0 radical (unpaired) electrons. The Morgan fingerprint density at radius 1 is 1.24 bits per heavy atom. The normalized spacial score (nSPS) is 12.5. The molecule has 0 bridgehead atoms. The van der Waals surface area contributed by atoms with Crippen molar-refractivity contribution in [2.75, 3.05) is 0 Å². The number of fused-ring (bicyclic) bond motifs is 1. The first-order chi connectivity index (χ1) is 17.5. The number of aryl methyl sites for hydroxylation is 1. The third kappa shape index (κ3) is 5.73. The van der Waals surface area contributed by atoms with Crippen molar-refractivity contribution in [3.05, 3.63) is 82.3 Å². The Hall–Kier alpha value is -3.56. The number of para-hydroxylation sites is 1. The van der Waals surface area contributed by atoms with Gasteiger partial charge in [0.05, 0.1) is 29.1 Å². The number of aliphatic hydroxyl groups is 1. The summed E-state index contributed by atoms with van der Waals surface area (Å²) >= 11 is 6.43. The fourth-order valence-electron chi connectivity index (χ4n) is 4.04. The summed E-state index contributed by atoms with van der Waals surface area (Å²) < 4.78 is 35.6. The van der Waals surface area contributed by atoms with Gasteiger partial charge in [-0.1, -0.05) is 30.7 Å². The van der Waals surface area contributed by atoms with Crippen molar-refractivity contribution in [1.29, 1.82) is 0 Å². The first kappa shape index (κ1) is 26.5. The molecule has 4 aromatic rings. The van der Waals surface area contributed by atoms with Gasteiger partial charge in [-0.25, -0.2) is 18.4 Å². The van der Waals surface area contributed by atoms with Crippen LogP contribution in [-0.2, 0) is 11.4 Å². The lowest BCUT2D eigenvalue weighted by Gasteiger charge is -2.25. The number of amides is 1. The summed E-state index contributed by atoms with van der Waals surface area (Å²) in [5.74, 6) is -1.17. The average molecular weight is 529 g/mol. The fourth-order valence-corrected chi connectivity index (χ4v) is 4.31. The first-order valence-corrected chi connectivity index (χ1v) is 12.1. The Morgan fingerprint density at radius 2 is 2.00 bits per heavy atom. The molecule has 2 aromatic carbocycles. The zero-order valence-electron chi connectivity index (χ0n) is 20.8. The summed E-state index contributed by atoms with van der Waals surface area (Å²) in [4.78, 5) is 17.1. The highest BCUT2D eigenvalue weighted by Gasteiger charge is 2.28. The minimum absolute atomic E-state index is 0.0379.